The quantitative estimate of drug-likeness (QED) is 0.459. The average molecular weight is 519 g/mol. The van der Waals surface area contributed by atoms with Crippen molar-refractivity contribution in [1.29, 1.82) is 0 Å². The highest BCUT2D eigenvalue weighted by Gasteiger charge is 2.39. The molecule has 3 aromatic rings. The van der Waals surface area contributed by atoms with E-state index >= 15 is 0 Å². The molecule has 1 aromatic heterocycles. The van der Waals surface area contributed by atoms with Gasteiger partial charge < -0.3 is 10.1 Å². The summed E-state index contributed by atoms with van der Waals surface area (Å²) in [6.07, 6.45) is 6.60. The average Bonchev–Trinajstić information content (AvgIpc) is 3.72. The second-order valence-corrected chi connectivity index (χ2v) is 10.3. The Morgan fingerprint density at radius 2 is 1.84 bits per heavy atom. The summed E-state index contributed by atoms with van der Waals surface area (Å²) in [7, 11) is 0. The molecular formula is C28H30N4O4S. The summed E-state index contributed by atoms with van der Waals surface area (Å²) in [6.45, 7) is 0.588. The van der Waals surface area contributed by atoms with Crippen LogP contribution in [-0.2, 0) is 16.1 Å². The molecule has 37 heavy (non-hydrogen) atoms. The number of aromatic nitrogens is 1. The van der Waals surface area contributed by atoms with E-state index in [0.29, 0.717) is 35.8 Å². The van der Waals surface area contributed by atoms with Gasteiger partial charge in [-0.05, 0) is 49.4 Å². The summed E-state index contributed by atoms with van der Waals surface area (Å²) in [6, 6.07) is 16.0. The van der Waals surface area contributed by atoms with Crippen molar-refractivity contribution in [2.45, 2.75) is 57.2 Å². The SMILES string of the molecule is O=C(NC1CCCC1)c1cccc(N(C(=O)C2CCCN2C(=O)OCc2ccccc2)c2nccs2)c1. The summed E-state index contributed by atoms with van der Waals surface area (Å²) in [4.78, 5) is 47.2. The van der Waals surface area contributed by atoms with Gasteiger partial charge in [-0.2, -0.15) is 0 Å². The molecule has 2 fully saturated rings. The number of likely N-dealkylation sites (tertiary alicyclic amines) is 1. The monoisotopic (exact) mass is 518 g/mol. The zero-order valence-electron chi connectivity index (χ0n) is 20.5. The molecule has 2 heterocycles. The highest BCUT2D eigenvalue weighted by Crippen LogP contribution is 2.32. The van der Waals surface area contributed by atoms with Gasteiger partial charge in [0, 0.05) is 29.7 Å². The lowest BCUT2D eigenvalue weighted by atomic mass is 10.1. The second-order valence-electron chi connectivity index (χ2n) is 9.39. The highest BCUT2D eigenvalue weighted by molar-refractivity contribution is 7.13. The van der Waals surface area contributed by atoms with Crippen molar-refractivity contribution >= 4 is 40.1 Å². The van der Waals surface area contributed by atoms with Gasteiger partial charge in [0.25, 0.3) is 11.8 Å². The van der Waals surface area contributed by atoms with E-state index in [1.165, 1.54) is 21.1 Å². The Hall–Kier alpha value is -3.72. The Morgan fingerprint density at radius 1 is 1.03 bits per heavy atom. The molecule has 1 N–H and O–H groups in total. The number of thiazole rings is 1. The number of rotatable bonds is 7. The number of ether oxygens (including phenoxy) is 1. The van der Waals surface area contributed by atoms with Crippen LogP contribution in [0.2, 0.25) is 0 Å². The lowest BCUT2D eigenvalue weighted by molar-refractivity contribution is -0.121. The third-order valence-corrected chi connectivity index (χ3v) is 7.62. The maximum absolute atomic E-state index is 13.9. The van der Waals surface area contributed by atoms with Gasteiger partial charge in [0.15, 0.2) is 5.13 Å². The normalized spacial score (nSPS) is 17.5. The number of nitrogens with one attached hydrogen (secondary N) is 1. The smallest absolute Gasteiger partial charge is 0.410 e. The number of carbonyl (C=O) groups excluding carboxylic acids is 3. The van der Waals surface area contributed by atoms with E-state index in [4.69, 9.17) is 4.74 Å². The fraction of sp³-hybridized carbons (Fsp3) is 0.357. The Morgan fingerprint density at radius 3 is 2.59 bits per heavy atom. The minimum Gasteiger partial charge on any atom is -0.445 e. The van der Waals surface area contributed by atoms with E-state index in [1.807, 2.05) is 30.3 Å². The first kappa shape index (κ1) is 25.0. The van der Waals surface area contributed by atoms with Crippen LogP contribution in [0.4, 0.5) is 15.6 Å². The minimum atomic E-state index is -0.678. The summed E-state index contributed by atoms with van der Waals surface area (Å²) >= 11 is 1.33. The maximum atomic E-state index is 13.9. The second kappa shape index (κ2) is 11.6. The van der Waals surface area contributed by atoms with E-state index in [-0.39, 0.29) is 24.5 Å². The topological polar surface area (TPSA) is 91.8 Å². The Balaban J connectivity index is 1.35. The molecule has 1 atom stereocenters. The van der Waals surface area contributed by atoms with Crippen molar-refractivity contribution in [3.8, 4) is 0 Å². The van der Waals surface area contributed by atoms with E-state index in [2.05, 4.69) is 10.3 Å². The maximum Gasteiger partial charge on any atom is 0.410 e. The first-order chi connectivity index (χ1) is 18.1. The molecule has 1 aliphatic carbocycles. The number of hydrogen-bond acceptors (Lipinski definition) is 6. The van der Waals surface area contributed by atoms with E-state index in [9.17, 15) is 14.4 Å². The fourth-order valence-corrected chi connectivity index (χ4v) is 5.64. The van der Waals surface area contributed by atoms with Crippen LogP contribution in [0.1, 0.15) is 54.4 Å². The predicted octanol–water partition coefficient (Wildman–Crippen LogP) is 5.28. The fourth-order valence-electron chi connectivity index (χ4n) is 4.98. The lowest BCUT2D eigenvalue weighted by Crippen LogP contribution is -2.46. The molecule has 9 heteroatoms. The van der Waals surface area contributed by atoms with E-state index in [1.54, 1.807) is 35.8 Å². The molecule has 1 unspecified atom stereocenters. The number of carbonyl (C=O) groups is 3. The molecule has 0 spiro atoms. The van der Waals surface area contributed by atoms with Crippen molar-refractivity contribution < 1.29 is 19.1 Å². The standard InChI is InChI=1S/C28H30N4O4S/c33-25(30-22-11-4-5-12-22)21-10-6-13-23(18-21)32(27-29-15-17-37-27)26(34)24-14-7-16-31(24)28(35)36-19-20-8-2-1-3-9-20/h1-3,6,8-10,13,15,17-18,22,24H,4-5,7,11-12,14,16,19H2,(H,30,33). The van der Waals surface area contributed by atoms with Crippen LogP contribution in [0.25, 0.3) is 0 Å². The third kappa shape index (κ3) is 5.83. The first-order valence-electron chi connectivity index (χ1n) is 12.7. The molecule has 0 bridgehead atoms. The van der Waals surface area contributed by atoms with Crippen LogP contribution >= 0.6 is 11.3 Å². The Bertz CT molecular complexity index is 1230. The van der Waals surface area contributed by atoms with Crippen LogP contribution in [-0.4, -0.2) is 46.4 Å². The van der Waals surface area contributed by atoms with Crippen molar-refractivity contribution in [2.24, 2.45) is 0 Å². The van der Waals surface area contributed by atoms with Crippen LogP contribution in [0, 0.1) is 0 Å². The van der Waals surface area contributed by atoms with Crippen molar-refractivity contribution in [1.82, 2.24) is 15.2 Å². The van der Waals surface area contributed by atoms with Gasteiger partial charge in [-0.15, -0.1) is 11.3 Å². The van der Waals surface area contributed by atoms with E-state index < -0.39 is 12.1 Å². The molecular weight excluding hydrogens is 488 g/mol. The van der Waals surface area contributed by atoms with Gasteiger partial charge in [0.2, 0.25) is 0 Å². The predicted molar refractivity (Wildman–Crippen MR) is 142 cm³/mol. The molecule has 2 aromatic carbocycles. The molecule has 2 aliphatic rings. The summed E-state index contributed by atoms with van der Waals surface area (Å²) in [5.74, 6) is -0.412. The Kier molecular flexibility index (Phi) is 7.79. The molecule has 3 amide bonds. The Labute approximate surface area is 220 Å². The van der Waals surface area contributed by atoms with Crippen LogP contribution < -0.4 is 10.2 Å². The molecule has 1 saturated heterocycles. The summed E-state index contributed by atoms with van der Waals surface area (Å²) in [5.41, 5.74) is 1.92. The van der Waals surface area contributed by atoms with Crippen molar-refractivity contribution in [2.75, 3.05) is 11.4 Å². The zero-order valence-corrected chi connectivity index (χ0v) is 21.4. The van der Waals surface area contributed by atoms with Crippen LogP contribution in [0.5, 0.6) is 0 Å². The minimum absolute atomic E-state index is 0.144. The van der Waals surface area contributed by atoms with Crippen LogP contribution in [0.15, 0.2) is 66.2 Å². The molecule has 1 aliphatic heterocycles. The molecule has 1 saturated carbocycles. The number of benzene rings is 2. The van der Waals surface area contributed by atoms with Crippen molar-refractivity contribution in [3.63, 3.8) is 0 Å². The summed E-state index contributed by atoms with van der Waals surface area (Å²) in [5, 5.41) is 5.39. The molecule has 192 valence electrons. The first-order valence-corrected chi connectivity index (χ1v) is 13.6. The number of amides is 3. The van der Waals surface area contributed by atoms with Gasteiger partial charge in [0.05, 0.1) is 5.69 Å². The van der Waals surface area contributed by atoms with E-state index in [0.717, 1.165) is 31.2 Å². The zero-order chi connectivity index (χ0) is 25.6. The highest BCUT2D eigenvalue weighted by atomic mass is 32.1. The van der Waals surface area contributed by atoms with Gasteiger partial charge in [0.1, 0.15) is 12.6 Å². The van der Waals surface area contributed by atoms with Gasteiger partial charge >= 0.3 is 6.09 Å². The van der Waals surface area contributed by atoms with Gasteiger partial charge in [-0.25, -0.2) is 9.78 Å². The molecule has 0 radical (unpaired) electrons. The third-order valence-electron chi connectivity index (χ3n) is 6.87. The number of hydrogen-bond donors (Lipinski definition) is 1. The van der Waals surface area contributed by atoms with Crippen molar-refractivity contribution in [3.05, 3.63) is 77.3 Å². The van der Waals surface area contributed by atoms with Gasteiger partial charge in [-0.1, -0.05) is 49.2 Å². The molecule has 5 rings (SSSR count). The van der Waals surface area contributed by atoms with Gasteiger partial charge in [-0.3, -0.25) is 19.4 Å². The summed E-state index contributed by atoms with van der Waals surface area (Å²) < 4.78 is 5.53. The molecule has 8 nitrogen and oxygen atoms in total. The number of nitrogens with zero attached hydrogens (tertiary/aromatic N) is 3. The lowest BCUT2D eigenvalue weighted by Gasteiger charge is -2.28. The number of anilines is 2. The largest absolute Gasteiger partial charge is 0.445 e. The van der Waals surface area contributed by atoms with Crippen LogP contribution in [0.3, 0.4) is 0 Å².